The fourth-order valence-corrected chi connectivity index (χ4v) is 3.15. The number of amides is 1. The molecular formula is C24H31F3N6O2. The van der Waals surface area contributed by atoms with E-state index < -0.39 is 35.5 Å². The highest BCUT2D eigenvalue weighted by molar-refractivity contribution is 6.04. The summed E-state index contributed by atoms with van der Waals surface area (Å²) in [6.07, 6.45) is 0.824. The van der Waals surface area contributed by atoms with Gasteiger partial charge in [0.15, 0.2) is 5.82 Å². The first-order valence-corrected chi connectivity index (χ1v) is 11.3. The van der Waals surface area contributed by atoms with Crippen LogP contribution in [0.2, 0.25) is 0 Å². The van der Waals surface area contributed by atoms with E-state index in [9.17, 15) is 13.6 Å². The Bertz CT molecular complexity index is 1100. The monoisotopic (exact) mass is 492 g/mol. The van der Waals surface area contributed by atoms with Crippen molar-refractivity contribution in [2.75, 3.05) is 5.32 Å². The molecule has 1 aliphatic rings. The van der Waals surface area contributed by atoms with E-state index in [1.54, 1.807) is 26.8 Å². The van der Waals surface area contributed by atoms with Gasteiger partial charge in [-0.1, -0.05) is 26.0 Å². The van der Waals surface area contributed by atoms with Crippen LogP contribution in [0.25, 0.3) is 11.4 Å². The minimum Gasteiger partial charge on any atom is -0.444 e. The largest absolute Gasteiger partial charge is 0.444 e. The number of hydrogen-bond donors (Lipinski definition) is 2. The molecule has 1 aromatic carbocycles. The molecule has 2 unspecified atom stereocenters. The molecule has 0 fully saturated rings. The molecule has 1 aromatic heterocycles. The second-order valence-corrected chi connectivity index (χ2v) is 8.47. The number of hydrogen-bond acceptors (Lipinski definition) is 7. The van der Waals surface area contributed by atoms with Gasteiger partial charge in [0, 0.05) is 0 Å². The zero-order valence-corrected chi connectivity index (χ0v) is 20.9. The Hall–Kier alpha value is -3.50. The van der Waals surface area contributed by atoms with Crippen molar-refractivity contribution in [1.82, 2.24) is 20.3 Å². The number of carbonyl (C=O) groups excluding carboxylic acids is 1. The van der Waals surface area contributed by atoms with Crippen LogP contribution in [0.15, 0.2) is 35.6 Å². The molecule has 0 saturated carbocycles. The number of anilines is 1. The Kier molecular flexibility index (Phi) is 9.32. The summed E-state index contributed by atoms with van der Waals surface area (Å²) in [7, 11) is 0. The lowest BCUT2D eigenvalue weighted by atomic mass is 9.97. The lowest BCUT2D eigenvalue weighted by Crippen LogP contribution is -2.34. The highest BCUT2D eigenvalue weighted by Gasteiger charge is 2.27. The van der Waals surface area contributed by atoms with Gasteiger partial charge in [0.1, 0.15) is 23.6 Å². The van der Waals surface area contributed by atoms with Crippen LogP contribution in [0.1, 0.15) is 72.1 Å². The van der Waals surface area contributed by atoms with Crippen LogP contribution in [0.4, 0.5) is 23.9 Å². The summed E-state index contributed by atoms with van der Waals surface area (Å²) in [6, 6.07) is 1.67. The van der Waals surface area contributed by atoms with E-state index >= 15 is 4.39 Å². The van der Waals surface area contributed by atoms with Gasteiger partial charge in [0.2, 0.25) is 5.95 Å². The molecule has 0 spiro atoms. The number of nitrogens with zero attached hydrogens (tertiary/aromatic N) is 4. The van der Waals surface area contributed by atoms with E-state index in [2.05, 4.69) is 30.6 Å². The molecule has 1 aliphatic heterocycles. The average Bonchev–Trinajstić information content (AvgIpc) is 3.17. The molecule has 0 saturated heterocycles. The third-order valence-electron chi connectivity index (χ3n) is 4.56. The summed E-state index contributed by atoms with van der Waals surface area (Å²) in [5.41, 5.74) is -1.92. The second kappa shape index (κ2) is 11.8. The Morgan fingerprint density at radius 3 is 2.43 bits per heavy atom. The van der Waals surface area contributed by atoms with Crippen LogP contribution < -0.4 is 10.6 Å². The maximum atomic E-state index is 15.2. The number of nitrogens with one attached hydrogen (secondary N) is 2. The fourth-order valence-electron chi connectivity index (χ4n) is 3.15. The molecule has 1 amide bonds. The SMILES string of the molecule is CC.CC1C=CC(Nc2ncnc(-c3ccc(C(C)NC(=O)OC(C)(C)C)c(C(F)F)c3F)n2)=N1. The number of carbonyl (C=O) groups is 1. The van der Waals surface area contributed by atoms with E-state index in [4.69, 9.17) is 4.74 Å². The van der Waals surface area contributed by atoms with Gasteiger partial charge in [0.05, 0.1) is 23.2 Å². The quantitative estimate of drug-likeness (QED) is 0.531. The van der Waals surface area contributed by atoms with Crippen molar-refractivity contribution in [3.05, 3.63) is 47.6 Å². The summed E-state index contributed by atoms with van der Waals surface area (Å²) in [4.78, 5) is 28.4. The Morgan fingerprint density at radius 2 is 1.86 bits per heavy atom. The van der Waals surface area contributed by atoms with Crippen molar-refractivity contribution in [3.8, 4) is 11.4 Å². The number of amidine groups is 1. The van der Waals surface area contributed by atoms with E-state index in [0.717, 1.165) is 6.33 Å². The third-order valence-corrected chi connectivity index (χ3v) is 4.56. The van der Waals surface area contributed by atoms with Gasteiger partial charge in [-0.2, -0.15) is 4.98 Å². The molecule has 35 heavy (non-hydrogen) atoms. The van der Waals surface area contributed by atoms with Crippen molar-refractivity contribution in [1.29, 1.82) is 0 Å². The topological polar surface area (TPSA) is 101 Å². The van der Waals surface area contributed by atoms with Gasteiger partial charge >= 0.3 is 6.09 Å². The van der Waals surface area contributed by atoms with E-state index in [1.807, 2.05) is 26.8 Å². The Labute approximate surface area is 203 Å². The minimum atomic E-state index is -3.14. The zero-order chi connectivity index (χ0) is 26.3. The molecule has 11 heteroatoms. The van der Waals surface area contributed by atoms with Crippen LogP contribution >= 0.6 is 0 Å². The second-order valence-electron chi connectivity index (χ2n) is 8.47. The van der Waals surface area contributed by atoms with Gasteiger partial charge in [-0.25, -0.2) is 27.9 Å². The molecule has 2 atom stereocenters. The van der Waals surface area contributed by atoms with Crippen molar-refractivity contribution < 1.29 is 22.7 Å². The number of alkyl halides is 2. The van der Waals surface area contributed by atoms with Gasteiger partial charge in [-0.05, 0) is 52.3 Å². The summed E-state index contributed by atoms with van der Waals surface area (Å²) in [6.45, 7) is 12.4. The molecule has 2 N–H and O–H groups in total. The number of rotatable bonds is 5. The summed E-state index contributed by atoms with van der Waals surface area (Å²) in [5.74, 6) is -0.684. The van der Waals surface area contributed by atoms with E-state index in [1.165, 1.54) is 19.1 Å². The summed E-state index contributed by atoms with van der Waals surface area (Å²) >= 11 is 0. The normalized spacial score (nSPS) is 15.7. The minimum absolute atomic E-state index is 0.00340. The van der Waals surface area contributed by atoms with Gasteiger partial charge in [-0.15, -0.1) is 0 Å². The lowest BCUT2D eigenvalue weighted by molar-refractivity contribution is 0.0505. The van der Waals surface area contributed by atoms with E-state index in [-0.39, 0.29) is 28.9 Å². The Morgan fingerprint density at radius 1 is 1.17 bits per heavy atom. The molecule has 2 heterocycles. The van der Waals surface area contributed by atoms with Crippen molar-refractivity contribution >= 4 is 17.9 Å². The highest BCUT2D eigenvalue weighted by Crippen LogP contribution is 2.34. The standard InChI is InChI=1S/C22H25F3N6O2.C2H6/c1-11-6-9-15(28-11)30-20-27-10-26-19(31-20)14-8-7-13(16(17(14)23)18(24)25)12(2)29-21(32)33-22(3,4)5;1-2/h6-12,18H,1-5H3,(H,29,32)(H,26,27,28,30,31);1-2H3. The Balaban J connectivity index is 0.00000210. The first kappa shape index (κ1) is 27.7. The highest BCUT2D eigenvalue weighted by atomic mass is 19.3. The predicted molar refractivity (Wildman–Crippen MR) is 129 cm³/mol. The van der Waals surface area contributed by atoms with Crippen molar-refractivity contribution in [2.24, 2.45) is 4.99 Å². The van der Waals surface area contributed by atoms with Crippen LogP contribution in [-0.4, -0.2) is 38.5 Å². The summed E-state index contributed by atoms with van der Waals surface area (Å²) in [5, 5.41) is 5.33. The van der Waals surface area contributed by atoms with Gasteiger partial charge < -0.3 is 15.4 Å². The van der Waals surface area contributed by atoms with Crippen molar-refractivity contribution in [2.45, 2.75) is 72.6 Å². The number of aromatic nitrogens is 3. The number of aliphatic imine (C=N–C) groups is 1. The maximum Gasteiger partial charge on any atom is 0.408 e. The van der Waals surface area contributed by atoms with Gasteiger partial charge in [-0.3, -0.25) is 4.99 Å². The average molecular weight is 493 g/mol. The van der Waals surface area contributed by atoms with Crippen molar-refractivity contribution in [3.63, 3.8) is 0 Å². The molecule has 0 radical (unpaired) electrons. The number of ether oxygens (including phenoxy) is 1. The molecule has 3 rings (SSSR count). The van der Waals surface area contributed by atoms with Crippen LogP contribution in [0, 0.1) is 5.82 Å². The van der Waals surface area contributed by atoms with Crippen LogP contribution in [-0.2, 0) is 4.74 Å². The van der Waals surface area contributed by atoms with E-state index in [0.29, 0.717) is 5.84 Å². The summed E-state index contributed by atoms with van der Waals surface area (Å²) < 4.78 is 48.1. The zero-order valence-electron chi connectivity index (χ0n) is 20.9. The molecular weight excluding hydrogens is 461 g/mol. The van der Waals surface area contributed by atoms with Crippen LogP contribution in [0.5, 0.6) is 0 Å². The predicted octanol–water partition coefficient (Wildman–Crippen LogP) is 6.00. The first-order chi connectivity index (χ1) is 16.4. The molecule has 190 valence electrons. The number of halogens is 3. The van der Waals surface area contributed by atoms with Gasteiger partial charge in [0.25, 0.3) is 6.43 Å². The molecule has 0 aliphatic carbocycles. The van der Waals surface area contributed by atoms with Crippen LogP contribution in [0.3, 0.4) is 0 Å². The molecule has 2 aromatic rings. The third kappa shape index (κ3) is 7.49. The molecule has 0 bridgehead atoms. The first-order valence-electron chi connectivity index (χ1n) is 11.3. The molecule has 8 nitrogen and oxygen atoms in total. The fraction of sp³-hybridized carbons (Fsp3) is 0.458. The lowest BCUT2D eigenvalue weighted by Gasteiger charge is -2.23. The number of alkyl carbamates (subject to hydrolysis) is 1. The number of benzene rings is 1. The maximum absolute atomic E-state index is 15.2. The smallest absolute Gasteiger partial charge is 0.408 e.